The van der Waals surface area contributed by atoms with Crippen molar-refractivity contribution >= 4 is 10.0 Å². The lowest BCUT2D eigenvalue weighted by Crippen LogP contribution is -2.43. The van der Waals surface area contributed by atoms with E-state index in [0.717, 1.165) is 24.1 Å². The van der Waals surface area contributed by atoms with E-state index < -0.39 is 15.5 Å². The molecular weight excluding hydrogens is 269 g/mol. The quantitative estimate of drug-likeness (QED) is 0.617. The summed E-state index contributed by atoms with van der Waals surface area (Å²) < 4.78 is 52.2. The Morgan fingerprint density at radius 3 is 1.61 bits per heavy atom. The van der Waals surface area contributed by atoms with Gasteiger partial charge in [0, 0.05) is 0 Å². The first-order valence-corrected chi connectivity index (χ1v) is 6.62. The minimum atomic E-state index is -5.34. The summed E-state index contributed by atoms with van der Waals surface area (Å²) in [7, 11) is -3.13. The van der Waals surface area contributed by atoms with Crippen molar-refractivity contribution in [3.8, 4) is 0 Å². The number of alkyl halides is 3. The van der Waals surface area contributed by atoms with Crippen LogP contribution in [-0.4, -0.2) is 45.1 Å². The summed E-state index contributed by atoms with van der Waals surface area (Å²) in [5.74, 6) is 0. The minimum absolute atomic E-state index is 1.02. The lowest BCUT2D eigenvalue weighted by molar-refractivity contribution is -0.896. The van der Waals surface area contributed by atoms with Gasteiger partial charge in [-0.1, -0.05) is 13.2 Å². The summed E-state index contributed by atoms with van der Waals surface area (Å²) in [6, 6.07) is 0. The molecule has 0 aliphatic rings. The van der Waals surface area contributed by atoms with Crippen molar-refractivity contribution in [1.82, 2.24) is 0 Å². The van der Waals surface area contributed by atoms with Crippen molar-refractivity contribution in [2.45, 2.75) is 12.4 Å². The van der Waals surface area contributed by atoms with Crippen LogP contribution >= 0.6 is 0 Å². The fourth-order valence-corrected chi connectivity index (χ4v) is 0.956. The number of halogens is 3. The van der Waals surface area contributed by atoms with Crippen molar-refractivity contribution in [1.29, 1.82) is 0 Å². The van der Waals surface area contributed by atoms with Crippen molar-refractivity contribution in [2.24, 2.45) is 5.14 Å². The van der Waals surface area contributed by atoms with Crippen LogP contribution in [0.1, 0.15) is 6.92 Å². The third-order valence-electron chi connectivity index (χ3n) is 2.23. The van der Waals surface area contributed by atoms with Crippen LogP contribution in [0, 0.1) is 0 Å². The van der Waals surface area contributed by atoms with Crippen LogP contribution in [0.25, 0.3) is 0 Å². The molecule has 8 heteroatoms. The first-order chi connectivity index (χ1) is 7.93. The summed E-state index contributed by atoms with van der Waals surface area (Å²) >= 11 is 0. The fourth-order valence-electron chi connectivity index (χ4n) is 0.956. The van der Waals surface area contributed by atoms with E-state index in [-0.39, 0.29) is 0 Å². The molecule has 0 atom stereocenters. The van der Waals surface area contributed by atoms with Gasteiger partial charge in [0.25, 0.3) is 0 Å². The molecule has 0 aromatic rings. The molecule has 0 aromatic carbocycles. The first kappa shape index (κ1) is 19.5. The van der Waals surface area contributed by atoms with E-state index in [9.17, 15) is 21.6 Å². The average Bonchev–Trinajstić information content (AvgIpc) is 2.16. The van der Waals surface area contributed by atoms with Gasteiger partial charge in [0.1, 0.15) is 0 Å². The highest BCUT2D eigenvalue weighted by Gasteiger charge is 2.42. The Balaban J connectivity index is 0. The second-order valence-electron chi connectivity index (χ2n) is 3.87. The molecule has 2 N–H and O–H groups in total. The molecule has 0 rings (SSSR count). The second-order valence-corrected chi connectivity index (χ2v) is 5.42. The predicted molar refractivity (Wildman–Crippen MR) is 66.0 cm³/mol. The number of hydrogen-bond acceptors (Lipinski definition) is 2. The fraction of sp³-hybridized carbons (Fsp3) is 0.600. The number of nitrogens with two attached hydrogens (primary N) is 1. The van der Waals surface area contributed by atoms with Gasteiger partial charge in [-0.2, -0.15) is 13.2 Å². The largest absolute Gasteiger partial charge is 0.511 e. The lowest BCUT2D eigenvalue weighted by atomic mass is 10.3. The monoisotopic (exact) mass is 289 g/mol. The molecule has 4 nitrogen and oxygen atoms in total. The van der Waals surface area contributed by atoms with Gasteiger partial charge in [-0.25, -0.2) is 13.6 Å². The molecule has 108 valence electrons. The lowest BCUT2D eigenvalue weighted by Gasteiger charge is -2.30. The van der Waals surface area contributed by atoms with Gasteiger partial charge in [0.15, 0.2) is 0 Å². The molecule has 0 saturated carbocycles. The molecule has 0 aromatic heterocycles. The molecule has 0 amide bonds. The van der Waals surface area contributed by atoms with Crippen LogP contribution in [0.3, 0.4) is 0 Å². The van der Waals surface area contributed by atoms with Gasteiger partial charge in [-0.05, 0) is 19.1 Å². The second kappa shape index (κ2) is 7.55. The number of rotatable bonds is 5. The first-order valence-electron chi connectivity index (χ1n) is 5.08. The zero-order valence-electron chi connectivity index (χ0n) is 10.6. The van der Waals surface area contributed by atoms with E-state index in [1.165, 1.54) is 0 Å². The number of sulfonamides is 1. The smallest absolute Gasteiger partial charge is 0.320 e. The predicted octanol–water partition coefficient (Wildman–Crippen LogP) is 1.62. The maximum atomic E-state index is 10.8. The van der Waals surface area contributed by atoms with Crippen LogP contribution in [0.5, 0.6) is 0 Å². The highest BCUT2D eigenvalue weighted by atomic mass is 32.2. The van der Waals surface area contributed by atoms with Crippen LogP contribution in [0.15, 0.2) is 25.3 Å². The van der Waals surface area contributed by atoms with Crippen LogP contribution in [0.4, 0.5) is 13.2 Å². The Labute approximate surface area is 106 Å². The molecule has 18 heavy (non-hydrogen) atoms. The summed E-state index contributed by atoms with van der Waals surface area (Å²) in [4.78, 5) is 0. The minimum Gasteiger partial charge on any atom is -0.320 e. The Morgan fingerprint density at radius 2 is 1.50 bits per heavy atom. The van der Waals surface area contributed by atoms with Crippen LogP contribution < -0.4 is 5.14 Å². The van der Waals surface area contributed by atoms with E-state index in [1.807, 2.05) is 12.2 Å². The standard InChI is InChI=1S/C9H18N.CH2F3NO2S/c1-5-8-10(4,7-3)9-6-2;2-1(3,4)8(5,6)7/h5-6H,1-2,7-9H2,3-4H3;(H2,5,6,7)/q+1;. The molecule has 0 spiro atoms. The highest BCUT2D eigenvalue weighted by Crippen LogP contribution is 2.18. The summed E-state index contributed by atoms with van der Waals surface area (Å²) in [6.45, 7) is 12.8. The number of hydrogen-bond donors (Lipinski definition) is 1. The van der Waals surface area contributed by atoms with E-state index in [1.54, 1.807) is 0 Å². The normalized spacial score (nSPS) is 12.3. The van der Waals surface area contributed by atoms with Gasteiger partial charge >= 0.3 is 15.5 Å². The Morgan fingerprint density at radius 1 is 1.22 bits per heavy atom. The molecule has 0 radical (unpaired) electrons. The topological polar surface area (TPSA) is 60.2 Å². The summed E-state index contributed by atoms with van der Waals surface area (Å²) in [6.07, 6.45) is 3.93. The van der Waals surface area contributed by atoms with Gasteiger partial charge in [-0.3, -0.25) is 0 Å². The Hall–Kier alpha value is -0.860. The van der Waals surface area contributed by atoms with Crippen LogP contribution in [-0.2, 0) is 10.0 Å². The Bertz CT molecular complexity index is 354. The number of nitrogens with zero attached hydrogens (tertiary/aromatic N) is 1. The molecule has 0 bridgehead atoms. The van der Waals surface area contributed by atoms with E-state index in [2.05, 4.69) is 32.3 Å². The molecule has 0 unspecified atom stereocenters. The number of likely N-dealkylation sites (N-methyl/N-ethyl adjacent to an activating group) is 1. The van der Waals surface area contributed by atoms with E-state index >= 15 is 0 Å². The maximum Gasteiger partial charge on any atom is 0.511 e. The molecule has 0 heterocycles. The zero-order valence-corrected chi connectivity index (χ0v) is 11.4. The molecule has 0 fully saturated rings. The zero-order chi connectivity index (χ0) is 15.0. The average molecular weight is 289 g/mol. The van der Waals surface area contributed by atoms with Crippen molar-refractivity contribution in [2.75, 3.05) is 26.7 Å². The Kier molecular flexibility index (Phi) is 8.17. The van der Waals surface area contributed by atoms with Crippen molar-refractivity contribution in [3.05, 3.63) is 25.3 Å². The van der Waals surface area contributed by atoms with E-state index in [4.69, 9.17) is 0 Å². The van der Waals surface area contributed by atoms with Gasteiger partial charge < -0.3 is 4.48 Å². The number of primary sulfonamides is 1. The number of quaternary nitrogens is 1. The van der Waals surface area contributed by atoms with Crippen molar-refractivity contribution in [3.63, 3.8) is 0 Å². The van der Waals surface area contributed by atoms with Gasteiger partial charge in [-0.15, -0.1) is 0 Å². The van der Waals surface area contributed by atoms with E-state index in [0.29, 0.717) is 0 Å². The molecule has 0 aliphatic heterocycles. The third-order valence-corrected chi connectivity index (χ3v) is 2.87. The van der Waals surface area contributed by atoms with Gasteiger partial charge in [0.2, 0.25) is 0 Å². The van der Waals surface area contributed by atoms with Crippen LogP contribution in [0.2, 0.25) is 0 Å². The molecule has 0 aliphatic carbocycles. The third kappa shape index (κ3) is 8.26. The highest BCUT2D eigenvalue weighted by molar-refractivity contribution is 7.90. The molecule has 0 saturated heterocycles. The molecular formula is C10H20F3N2O2S+. The van der Waals surface area contributed by atoms with Crippen molar-refractivity contribution < 1.29 is 26.1 Å². The SMILES string of the molecule is C=CC[N+](C)(CC)CC=C.NS(=O)(=O)C(F)(F)F. The maximum absolute atomic E-state index is 10.8. The summed E-state index contributed by atoms with van der Waals surface area (Å²) in [5.41, 5.74) is -5.31. The van der Waals surface area contributed by atoms with Gasteiger partial charge in [0.05, 0.1) is 26.7 Å². The summed E-state index contributed by atoms with van der Waals surface area (Å²) in [5, 5.41) is 3.66.